The number of hydrogen-bond donors (Lipinski definition) is 4. The Morgan fingerprint density at radius 2 is 1.85 bits per heavy atom. The van der Waals surface area contributed by atoms with Crippen LogP contribution in [0.4, 0.5) is 0 Å². The molecule has 0 aromatic heterocycles. The van der Waals surface area contributed by atoms with Gasteiger partial charge in [0, 0.05) is 32.6 Å². The second-order valence-electron chi connectivity index (χ2n) is 8.59. The Morgan fingerprint density at radius 3 is 2.53 bits per heavy atom. The van der Waals surface area contributed by atoms with Crippen molar-refractivity contribution in [3.8, 4) is 5.75 Å². The van der Waals surface area contributed by atoms with E-state index < -0.39 is 24.4 Å². The standard InChI is InChI=1S/C24H34ClN3O6/c1-27(2)26-34-28(3)10-11-32-19-7-4-16(5-8-19)12-18-13-17(6-9-20(18)25)22-14-21(30)24(31)23(15-29)33-22/h4-9,13,21-24,26,29-31H,10-12,14-15H2,1-3H3/t21?,22?,23?,24-/m0/s1. The van der Waals surface area contributed by atoms with E-state index in [2.05, 4.69) is 5.59 Å². The quantitative estimate of drug-likeness (QED) is 0.346. The number of aliphatic hydroxyl groups is 3. The maximum Gasteiger partial charge on any atom is 0.119 e. The number of likely N-dealkylation sites (N-methyl/N-ethyl adjacent to an activating group) is 1. The third-order valence-electron chi connectivity index (χ3n) is 5.56. The Bertz CT molecular complexity index is 901. The fourth-order valence-electron chi connectivity index (χ4n) is 3.66. The first-order chi connectivity index (χ1) is 16.3. The second-order valence-corrected chi connectivity index (χ2v) is 9.00. The van der Waals surface area contributed by atoms with Crippen molar-refractivity contribution in [2.45, 2.75) is 37.3 Å². The van der Waals surface area contributed by atoms with Crippen LogP contribution in [-0.2, 0) is 16.1 Å². The van der Waals surface area contributed by atoms with Crippen molar-refractivity contribution in [3.63, 3.8) is 0 Å². The summed E-state index contributed by atoms with van der Waals surface area (Å²) < 4.78 is 11.6. The van der Waals surface area contributed by atoms with Crippen molar-refractivity contribution < 1.29 is 29.7 Å². The van der Waals surface area contributed by atoms with Gasteiger partial charge in [0.25, 0.3) is 0 Å². The molecule has 1 fully saturated rings. The van der Waals surface area contributed by atoms with Crippen LogP contribution in [0.3, 0.4) is 0 Å². The van der Waals surface area contributed by atoms with Crippen LogP contribution in [0, 0.1) is 0 Å². The van der Waals surface area contributed by atoms with E-state index in [1.54, 1.807) is 10.1 Å². The minimum atomic E-state index is -1.10. The Hall–Kier alpha value is -1.79. The zero-order valence-corrected chi connectivity index (χ0v) is 20.5. The lowest BCUT2D eigenvalue weighted by atomic mass is 9.92. The highest BCUT2D eigenvalue weighted by atomic mass is 35.5. The molecule has 34 heavy (non-hydrogen) atoms. The Labute approximate surface area is 205 Å². The summed E-state index contributed by atoms with van der Waals surface area (Å²) in [6, 6.07) is 13.4. The molecule has 0 amide bonds. The van der Waals surface area contributed by atoms with Crippen LogP contribution in [0.2, 0.25) is 5.02 Å². The Kier molecular flexibility index (Phi) is 10.1. The van der Waals surface area contributed by atoms with E-state index in [0.29, 0.717) is 24.6 Å². The van der Waals surface area contributed by atoms with Crippen LogP contribution >= 0.6 is 11.6 Å². The average molecular weight is 496 g/mol. The van der Waals surface area contributed by atoms with E-state index in [1.807, 2.05) is 63.6 Å². The smallest absolute Gasteiger partial charge is 0.119 e. The van der Waals surface area contributed by atoms with Crippen LogP contribution in [0.15, 0.2) is 42.5 Å². The molecule has 0 bridgehead atoms. The third kappa shape index (κ3) is 7.61. The molecule has 4 N–H and O–H groups in total. The number of ether oxygens (including phenoxy) is 2. The lowest BCUT2D eigenvalue weighted by molar-refractivity contribution is -0.241. The van der Waals surface area contributed by atoms with Gasteiger partial charge in [0.1, 0.15) is 24.6 Å². The minimum Gasteiger partial charge on any atom is -0.492 e. The molecule has 3 unspecified atom stereocenters. The van der Waals surface area contributed by atoms with Gasteiger partial charge in [-0.2, -0.15) is 10.0 Å². The van der Waals surface area contributed by atoms with Gasteiger partial charge < -0.3 is 24.8 Å². The minimum absolute atomic E-state index is 0.246. The molecule has 0 radical (unpaired) electrons. The van der Waals surface area contributed by atoms with E-state index in [9.17, 15) is 15.3 Å². The summed E-state index contributed by atoms with van der Waals surface area (Å²) in [5.74, 6) is 0.760. The van der Waals surface area contributed by atoms with Gasteiger partial charge in [0.15, 0.2) is 0 Å². The SMILES string of the molecule is CN(C)NON(C)CCOc1ccc(Cc2cc(C3CC(O)[C@H](O)C(CO)O3)ccc2Cl)cc1. The number of hydrazine groups is 1. The number of hydroxylamine groups is 2. The van der Waals surface area contributed by atoms with E-state index in [4.69, 9.17) is 26.0 Å². The van der Waals surface area contributed by atoms with Crippen molar-refractivity contribution >= 4 is 11.6 Å². The summed E-state index contributed by atoms with van der Waals surface area (Å²) in [5.41, 5.74) is 5.55. The average Bonchev–Trinajstić information content (AvgIpc) is 2.82. The van der Waals surface area contributed by atoms with Crippen molar-refractivity contribution in [1.29, 1.82) is 0 Å². The van der Waals surface area contributed by atoms with Gasteiger partial charge in [-0.15, -0.1) is 5.59 Å². The lowest BCUT2D eigenvalue weighted by Gasteiger charge is -2.36. The maximum absolute atomic E-state index is 10.1. The molecule has 1 aliphatic rings. The summed E-state index contributed by atoms with van der Waals surface area (Å²) in [7, 11) is 5.48. The van der Waals surface area contributed by atoms with Crippen LogP contribution < -0.4 is 10.3 Å². The second kappa shape index (κ2) is 12.8. The van der Waals surface area contributed by atoms with E-state index in [-0.39, 0.29) is 13.0 Å². The van der Waals surface area contributed by atoms with Crippen molar-refractivity contribution in [3.05, 3.63) is 64.2 Å². The summed E-state index contributed by atoms with van der Waals surface area (Å²) in [5, 5.41) is 33.5. The van der Waals surface area contributed by atoms with Gasteiger partial charge in [-0.3, -0.25) is 0 Å². The monoisotopic (exact) mass is 495 g/mol. The fraction of sp³-hybridized carbons (Fsp3) is 0.500. The highest BCUT2D eigenvalue weighted by Gasteiger charge is 2.37. The zero-order chi connectivity index (χ0) is 24.7. The summed E-state index contributed by atoms with van der Waals surface area (Å²) in [6.07, 6.45) is -2.46. The molecule has 2 aromatic rings. The normalized spacial score (nSPS) is 23.0. The molecule has 188 valence electrons. The molecule has 0 spiro atoms. The first kappa shape index (κ1) is 26.8. The molecule has 3 rings (SSSR count). The number of rotatable bonds is 11. The van der Waals surface area contributed by atoms with Gasteiger partial charge in [0.2, 0.25) is 0 Å². The summed E-state index contributed by atoms with van der Waals surface area (Å²) >= 11 is 6.45. The molecular formula is C24H34ClN3O6. The van der Waals surface area contributed by atoms with Crippen LogP contribution in [0.25, 0.3) is 0 Å². The predicted octanol–water partition coefficient (Wildman–Crippen LogP) is 1.70. The first-order valence-electron chi connectivity index (χ1n) is 11.2. The summed E-state index contributed by atoms with van der Waals surface area (Å²) in [6.45, 7) is 0.687. The molecule has 1 heterocycles. The third-order valence-corrected chi connectivity index (χ3v) is 5.93. The highest BCUT2D eigenvalue weighted by Crippen LogP contribution is 2.34. The van der Waals surface area contributed by atoms with Gasteiger partial charge in [-0.1, -0.05) is 35.9 Å². The zero-order valence-electron chi connectivity index (χ0n) is 19.7. The molecule has 2 aromatic carbocycles. The molecule has 0 saturated carbocycles. The van der Waals surface area contributed by atoms with E-state index >= 15 is 0 Å². The van der Waals surface area contributed by atoms with Crippen molar-refractivity contribution in [1.82, 2.24) is 15.7 Å². The maximum atomic E-state index is 10.1. The highest BCUT2D eigenvalue weighted by molar-refractivity contribution is 6.31. The molecule has 4 atom stereocenters. The largest absolute Gasteiger partial charge is 0.492 e. The fourth-order valence-corrected chi connectivity index (χ4v) is 3.85. The molecular weight excluding hydrogens is 462 g/mol. The Balaban J connectivity index is 1.57. The lowest BCUT2D eigenvalue weighted by Crippen LogP contribution is -2.47. The summed E-state index contributed by atoms with van der Waals surface area (Å²) in [4.78, 5) is 5.28. The first-order valence-corrected chi connectivity index (χ1v) is 11.6. The molecule has 9 nitrogen and oxygen atoms in total. The number of nitrogens with one attached hydrogen (secondary N) is 1. The van der Waals surface area contributed by atoms with E-state index in [1.165, 1.54) is 0 Å². The van der Waals surface area contributed by atoms with Gasteiger partial charge in [0.05, 0.1) is 25.4 Å². The van der Waals surface area contributed by atoms with Gasteiger partial charge in [-0.25, -0.2) is 5.01 Å². The van der Waals surface area contributed by atoms with Crippen LogP contribution in [-0.4, -0.2) is 84.6 Å². The molecule has 1 saturated heterocycles. The molecule has 0 aliphatic carbocycles. The number of hydrogen-bond acceptors (Lipinski definition) is 9. The predicted molar refractivity (Wildman–Crippen MR) is 128 cm³/mol. The molecule has 10 heteroatoms. The van der Waals surface area contributed by atoms with Crippen LogP contribution in [0.5, 0.6) is 5.75 Å². The number of halogens is 1. The van der Waals surface area contributed by atoms with Gasteiger partial charge >= 0.3 is 0 Å². The molecule has 1 aliphatic heterocycles. The van der Waals surface area contributed by atoms with Crippen molar-refractivity contribution in [2.24, 2.45) is 0 Å². The van der Waals surface area contributed by atoms with Crippen LogP contribution in [0.1, 0.15) is 29.2 Å². The van der Waals surface area contributed by atoms with Crippen molar-refractivity contribution in [2.75, 3.05) is 40.9 Å². The van der Waals surface area contributed by atoms with Gasteiger partial charge in [-0.05, 0) is 41.3 Å². The topological polar surface area (TPSA) is 107 Å². The number of nitrogens with zero attached hydrogens (tertiary/aromatic N) is 2. The Morgan fingerprint density at radius 1 is 1.12 bits per heavy atom. The van der Waals surface area contributed by atoms with E-state index in [0.717, 1.165) is 22.4 Å². The number of benzene rings is 2. The number of aliphatic hydroxyl groups excluding tert-OH is 3.